The van der Waals surface area contributed by atoms with Gasteiger partial charge in [-0.1, -0.05) is 48.9 Å². The molecule has 0 aliphatic heterocycles. The highest BCUT2D eigenvalue weighted by molar-refractivity contribution is 6.35. The fourth-order valence-corrected chi connectivity index (χ4v) is 2.99. The van der Waals surface area contributed by atoms with Crippen LogP contribution >= 0.6 is 11.6 Å². The molecule has 0 aliphatic rings. The van der Waals surface area contributed by atoms with E-state index < -0.39 is 0 Å². The first-order valence-electron chi connectivity index (χ1n) is 7.17. The number of aryl methyl sites for hydroxylation is 1. The van der Waals surface area contributed by atoms with Gasteiger partial charge in [-0.05, 0) is 42.1 Å². The predicted octanol–water partition coefficient (Wildman–Crippen LogP) is 5.09. The zero-order valence-corrected chi connectivity index (χ0v) is 12.9. The second kappa shape index (κ2) is 5.92. The lowest BCUT2D eigenvalue weighted by Gasteiger charge is -2.19. The largest absolute Gasteiger partial charge is 0.467 e. The molecule has 21 heavy (non-hydrogen) atoms. The minimum Gasteiger partial charge on any atom is -0.467 e. The Morgan fingerprint density at radius 2 is 1.86 bits per heavy atom. The molecule has 3 rings (SSSR count). The smallest absolute Gasteiger partial charge is 0.128 e. The van der Waals surface area contributed by atoms with E-state index in [1.165, 1.54) is 5.56 Å². The van der Waals surface area contributed by atoms with Crippen LogP contribution in [0.1, 0.15) is 29.9 Å². The number of benzene rings is 2. The van der Waals surface area contributed by atoms with Gasteiger partial charge in [-0.25, -0.2) is 0 Å². The molecule has 0 aliphatic carbocycles. The molecule has 0 saturated carbocycles. The van der Waals surface area contributed by atoms with Crippen LogP contribution < -0.4 is 5.32 Å². The van der Waals surface area contributed by atoms with Crippen LogP contribution in [0.4, 0.5) is 0 Å². The third kappa shape index (κ3) is 2.57. The molecule has 1 atom stereocenters. The molecule has 1 unspecified atom stereocenters. The van der Waals surface area contributed by atoms with Crippen LogP contribution in [-0.4, -0.2) is 6.54 Å². The summed E-state index contributed by atoms with van der Waals surface area (Å²) in [5.41, 5.74) is 2.34. The molecule has 1 heterocycles. The Kier molecular flexibility index (Phi) is 4.00. The lowest BCUT2D eigenvalue weighted by Crippen LogP contribution is -2.22. The van der Waals surface area contributed by atoms with E-state index in [4.69, 9.17) is 16.0 Å². The van der Waals surface area contributed by atoms with Crippen molar-refractivity contribution in [1.82, 2.24) is 5.32 Å². The fraction of sp³-hybridized carbons (Fsp3) is 0.222. The Bertz CT molecular complexity index is 763. The summed E-state index contributed by atoms with van der Waals surface area (Å²) < 4.78 is 5.72. The molecule has 1 aromatic heterocycles. The molecule has 0 bridgehead atoms. The number of hydrogen-bond acceptors (Lipinski definition) is 2. The summed E-state index contributed by atoms with van der Waals surface area (Å²) in [5.74, 6) is 0.962. The highest BCUT2D eigenvalue weighted by atomic mass is 35.5. The average molecular weight is 300 g/mol. The molecule has 3 heteroatoms. The van der Waals surface area contributed by atoms with Gasteiger partial charge in [0, 0.05) is 10.4 Å². The third-order valence-electron chi connectivity index (χ3n) is 3.79. The van der Waals surface area contributed by atoms with E-state index in [1.807, 2.05) is 24.3 Å². The summed E-state index contributed by atoms with van der Waals surface area (Å²) in [6.45, 7) is 5.03. The Hall–Kier alpha value is -1.77. The van der Waals surface area contributed by atoms with Gasteiger partial charge in [0.05, 0.1) is 12.3 Å². The van der Waals surface area contributed by atoms with Crippen LogP contribution in [-0.2, 0) is 0 Å². The maximum atomic E-state index is 6.32. The lowest BCUT2D eigenvalue weighted by molar-refractivity contribution is 0.450. The number of fused-ring (bicyclic) bond motifs is 1. The van der Waals surface area contributed by atoms with Crippen molar-refractivity contribution in [2.75, 3.05) is 6.54 Å². The molecule has 2 nitrogen and oxygen atoms in total. The first-order chi connectivity index (χ1) is 10.2. The summed E-state index contributed by atoms with van der Waals surface area (Å²) in [6.07, 6.45) is 1.74. The summed E-state index contributed by atoms with van der Waals surface area (Å²) in [5, 5.41) is 6.53. The van der Waals surface area contributed by atoms with Gasteiger partial charge in [0.15, 0.2) is 0 Å². The standard InChI is InChI=1S/C18H18ClNO/c1-3-20-17(18-12(2)10-11-21-18)15-8-9-16(19)14-7-5-4-6-13(14)15/h4-11,17,20H,3H2,1-2H3. The van der Waals surface area contributed by atoms with Crippen molar-refractivity contribution in [2.45, 2.75) is 19.9 Å². The van der Waals surface area contributed by atoms with Crippen molar-refractivity contribution in [3.05, 3.63) is 70.6 Å². The molecule has 108 valence electrons. The first kappa shape index (κ1) is 14.2. The zero-order valence-electron chi connectivity index (χ0n) is 12.2. The van der Waals surface area contributed by atoms with E-state index >= 15 is 0 Å². The van der Waals surface area contributed by atoms with Gasteiger partial charge in [-0.15, -0.1) is 0 Å². The van der Waals surface area contributed by atoms with E-state index in [9.17, 15) is 0 Å². The third-order valence-corrected chi connectivity index (χ3v) is 4.12. The van der Waals surface area contributed by atoms with Crippen molar-refractivity contribution in [1.29, 1.82) is 0 Å². The van der Waals surface area contributed by atoms with Gasteiger partial charge in [-0.3, -0.25) is 0 Å². The zero-order chi connectivity index (χ0) is 14.8. The minimum atomic E-state index is 0.0344. The van der Waals surface area contributed by atoms with Crippen molar-refractivity contribution >= 4 is 22.4 Å². The van der Waals surface area contributed by atoms with Crippen molar-refractivity contribution in [3.8, 4) is 0 Å². The second-order valence-corrected chi connectivity index (χ2v) is 5.55. The van der Waals surface area contributed by atoms with Crippen LogP contribution in [0.25, 0.3) is 10.8 Å². The van der Waals surface area contributed by atoms with Crippen LogP contribution in [0.3, 0.4) is 0 Å². The van der Waals surface area contributed by atoms with E-state index in [0.29, 0.717) is 0 Å². The Labute approximate surface area is 129 Å². The monoisotopic (exact) mass is 299 g/mol. The van der Waals surface area contributed by atoms with Gasteiger partial charge in [0.2, 0.25) is 0 Å². The second-order valence-electron chi connectivity index (χ2n) is 5.14. The maximum absolute atomic E-state index is 6.32. The SMILES string of the molecule is CCNC(c1occc1C)c1ccc(Cl)c2ccccc12. The van der Waals surface area contributed by atoms with Crippen LogP contribution in [0.2, 0.25) is 5.02 Å². The van der Waals surface area contributed by atoms with Gasteiger partial charge in [0.1, 0.15) is 5.76 Å². The summed E-state index contributed by atoms with van der Waals surface area (Å²) >= 11 is 6.32. The Morgan fingerprint density at radius 1 is 1.10 bits per heavy atom. The molecule has 1 N–H and O–H groups in total. The Morgan fingerprint density at radius 3 is 2.52 bits per heavy atom. The quantitative estimate of drug-likeness (QED) is 0.725. The lowest BCUT2D eigenvalue weighted by atomic mass is 9.96. The molecular weight excluding hydrogens is 282 g/mol. The van der Waals surface area contributed by atoms with Gasteiger partial charge < -0.3 is 9.73 Å². The number of rotatable bonds is 4. The molecule has 2 aromatic carbocycles. The number of furan rings is 1. The molecule has 0 radical (unpaired) electrons. The predicted molar refractivity (Wildman–Crippen MR) is 87.9 cm³/mol. The summed E-state index contributed by atoms with van der Waals surface area (Å²) in [4.78, 5) is 0. The van der Waals surface area contributed by atoms with Crippen molar-refractivity contribution < 1.29 is 4.42 Å². The number of halogens is 1. The molecule has 0 spiro atoms. The number of hydrogen-bond donors (Lipinski definition) is 1. The van der Waals surface area contributed by atoms with Crippen molar-refractivity contribution in [3.63, 3.8) is 0 Å². The summed E-state index contributed by atoms with van der Waals surface area (Å²) in [7, 11) is 0. The molecule has 0 saturated heterocycles. The molecular formula is C18H18ClNO. The maximum Gasteiger partial charge on any atom is 0.128 e. The average Bonchev–Trinajstić information content (AvgIpc) is 2.92. The minimum absolute atomic E-state index is 0.0344. The van der Waals surface area contributed by atoms with E-state index in [2.05, 4.69) is 37.4 Å². The summed E-state index contributed by atoms with van der Waals surface area (Å²) in [6, 6.07) is 14.3. The topological polar surface area (TPSA) is 25.2 Å². The van der Waals surface area contributed by atoms with E-state index in [-0.39, 0.29) is 6.04 Å². The van der Waals surface area contributed by atoms with Crippen molar-refractivity contribution in [2.24, 2.45) is 0 Å². The number of nitrogens with one attached hydrogen (secondary N) is 1. The van der Waals surface area contributed by atoms with Gasteiger partial charge in [0.25, 0.3) is 0 Å². The normalized spacial score (nSPS) is 12.7. The molecule has 0 fully saturated rings. The molecule has 3 aromatic rings. The fourth-order valence-electron chi connectivity index (χ4n) is 2.77. The van der Waals surface area contributed by atoms with Crippen LogP contribution in [0, 0.1) is 6.92 Å². The molecule has 0 amide bonds. The van der Waals surface area contributed by atoms with Crippen LogP contribution in [0.5, 0.6) is 0 Å². The highest BCUT2D eigenvalue weighted by Gasteiger charge is 2.20. The van der Waals surface area contributed by atoms with E-state index in [1.54, 1.807) is 6.26 Å². The van der Waals surface area contributed by atoms with Gasteiger partial charge >= 0.3 is 0 Å². The van der Waals surface area contributed by atoms with E-state index in [0.717, 1.165) is 33.7 Å². The first-order valence-corrected chi connectivity index (χ1v) is 7.54. The Balaban J connectivity index is 2.21. The van der Waals surface area contributed by atoms with Crippen LogP contribution in [0.15, 0.2) is 53.1 Å². The van der Waals surface area contributed by atoms with Gasteiger partial charge in [-0.2, -0.15) is 0 Å². The highest BCUT2D eigenvalue weighted by Crippen LogP contribution is 2.34.